The van der Waals surface area contributed by atoms with Gasteiger partial charge in [0.2, 0.25) is 5.91 Å². The van der Waals surface area contributed by atoms with Gasteiger partial charge in [0.1, 0.15) is 5.82 Å². The van der Waals surface area contributed by atoms with Gasteiger partial charge in [0.15, 0.2) is 0 Å². The maximum atomic E-state index is 13.0. The van der Waals surface area contributed by atoms with Gasteiger partial charge in [0.05, 0.1) is 0 Å². The molecule has 4 heteroatoms. The van der Waals surface area contributed by atoms with Crippen molar-refractivity contribution in [2.24, 2.45) is 11.7 Å². The first-order valence-electron chi connectivity index (χ1n) is 6.92. The van der Waals surface area contributed by atoms with Crippen molar-refractivity contribution >= 4 is 5.91 Å². The zero-order valence-electron chi connectivity index (χ0n) is 11.1. The molecule has 3 nitrogen and oxygen atoms in total. The fourth-order valence-corrected chi connectivity index (χ4v) is 2.65. The predicted octanol–water partition coefficient (Wildman–Crippen LogP) is 2.35. The molecule has 2 atom stereocenters. The first kappa shape index (κ1) is 14.0. The number of benzene rings is 1. The van der Waals surface area contributed by atoms with Crippen LogP contribution in [0.2, 0.25) is 0 Å². The van der Waals surface area contributed by atoms with Gasteiger partial charge in [-0.15, -0.1) is 0 Å². The molecule has 104 valence electrons. The van der Waals surface area contributed by atoms with E-state index in [2.05, 4.69) is 5.32 Å². The Kier molecular flexibility index (Phi) is 4.91. The summed E-state index contributed by atoms with van der Waals surface area (Å²) in [5.41, 5.74) is 6.80. The van der Waals surface area contributed by atoms with Crippen molar-refractivity contribution in [2.75, 3.05) is 0 Å². The van der Waals surface area contributed by atoms with Crippen LogP contribution in [0.4, 0.5) is 4.39 Å². The summed E-state index contributed by atoms with van der Waals surface area (Å²) in [6.07, 6.45) is 4.87. The number of carbonyl (C=O) groups excluding carboxylic acids is 1. The van der Waals surface area contributed by atoms with Crippen molar-refractivity contribution in [3.63, 3.8) is 0 Å². The number of amides is 1. The molecule has 0 heterocycles. The molecule has 0 saturated heterocycles. The molecule has 0 radical (unpaired) electrons. The summed E-state index contributed by atoms with van der Waals surface area (Å²) >= 11 is 0. The second kappa shape index (κ2) is 6.66. The molecule has 1 aliphatic rings. The molecule has 0 aliphatic heterocycles. The topological polar surface area (TPSA) is 55.1 Å². The van der Waals surface area contributed by atoms with E-state index in [1.807, 2.05) is 0 Å². The lowest BCUT2D eigenvalue weighted by molar-refractivity contribution is -0.122. The van der Waals surface area contributed by atoms with Gasteiger partial charge in [-0.3, -0.25) is 4.79 Å². The number of carbonyl (C=O) groups is 1. The molecule has 2 rings (SSSR count). The van der Waals surface area contributed by atoms with Crippen molar-refractivity contribution in [3.8, 4) is 0 Å². The van der Waals surface area contributed by atoms with Crippen molar-refractivity contribution in [1.82, 2.24) is 5.32 Å². The van der Waals surface area contributed by atoms with Gasteiger partial charge in [-0.25, -0.2) is 4.39 Å². The normalized spacial score (nSPS) is 23.1. The number of nitrogens with two attached hydrogens (primary N) is 1. The maximum Gasteiger partial charge on any atom is 0.220 e. The van der Waals surface area contributed by atoms with E-state index in [1.165, 1.54) is 18.6 Å². The molecular weight excluding hydrogens is 243 g/mol. The zero-order chi connectivity index (χ0) is 13.7. The van der Waals surface area contributed by atoms with Crippen LogP contribution < -0.4 is 11.1 Å². The van der Waals surface area contributed by atoms with E-state index in [4.69, 9.17) is 5.73 Å². The highest BCUT2D eigenvalue weighted by atomic mass is 19.1. The van der Waals surface area contributed by atoms with Crippen LogP contribution in [0.15, 0.2) is 24.3 Å². The largest absolute Gasteiger partial charge is 0.352 e. The molecule has 1 saturated carbocycles. The molecule has 1 aliphatic carbocycles. The number of nitrogens with one attached hydrogen (secondary N) is 1. The van der Waals surface area contributed by atoms with E-state index in [9.17, 15) is 9.18 Å². The van der Waals surface area contributed by atoms with Crippen molar-refractivity contribution in [2.45, 2.75) is 44.7 Å². The van der Waals surface area contributed by atoms with Crippen molar-refractivity contribution in [1.29, 1.82) is 0 Å². The number of hydrogen-bond acceptors (Lipinski definition) is 2. The minimum atomic E-state index is -0.277. The second-order valence-electron chi connectivity index (χ2n) is 5.32. The molecule has 1 aromatic rings. The van der Waals surface area contributed by atoms with Crippen LogP contribution in [-0.4, -0.2) is 11.9 Å². The smallest absolute Gasteiger partial charge is 0.220 e. The minimum Gasteiger partial charge on any atom is -0.352 e. The fourth-order valence-electron chi connectivity index (χ4n) is 2.65. The molecule has 0 spiro atoms. The number of rotatable bonds is 4. The number of hydrogen-bond donors (Lipinski definition) is 2. The van der Waals surface area contributed by atoms with Gasteiger partial charge in [-0.2, -0.15) is 0 Å². The van der Waals surface area contributed by atoms with E-state index in [-0.39, 0.29) is 17.8 Å². The summed E-state index contributed by atoms with van der Waals surface area (Å²) in [6.45, 7) is 0.374. The lowest BCUT2D eigenvalue weighted by Crippen LogP contribution is -2.36. The second-order valence-corrected chi connectivity index (χ2v) is 5.32. The fraction of sp³-hybridized carbons (Fsp3) is 0.533. The first-order valence-corrected chi connectivity index (χ1v) is 6.92. The Morgan fingerprint density at radius 2 is 2.16 bits per heavy atom. The van der Waals surface area contributed by atoms with Gasteiger partial charge >= 0.3 is 0 Å². The summed E-state index contributed by atoms with van der Waals surface area (Å²) in [7, 11) is 0. The summed E-state index contributed by atoms with van der Waals surface area (Å²) < 4.78 is 13.0. The van der Waals surface area contributed by atoms with Gasteiger partial charge < -0.3 is 11.1 Å². The number of halogens is 1. The van der Waals surface area contributed by atoms with Crippen molar-refractivity contribution in [3.05, 3.63) is 35.6 Å². The van der Waals surface area contributed by atoms with Crippen LogP contribution in [0, 0.1) is 11.7 Å². The standard InChI is InChI=1S/C15H21FN2O/c16-13-6-3-4-11(8-13)10-18-15(19)9-12-5-1-2-7-14(12)17/h3-4,6,8,12,14H,1-2,5,7,9-10,17H2,(H,18,19). The van der Waals surface area contributed by atoms with Gasteiger partial charge in [-0.1, -0.05) is 25.0 Å². The lowest BCUT2D eigenvalue weighted by Gasteiger charge is -2.27. The zero-order valence-corrected chi connectivity index (χ0v) is 11.1. The Labute approximate surface area is 113 Å². The van der Waals surface area contributed by atoms with Gasteiger partial charge in [0.25, 0.3) is 0 Å². The lowest BCUT2D eigenvalue weighted by atomic mass is 9.83. The SMILES string of the molecule is NC1CCCCC1CC(=O)NCc1cccc(F)c1. The molecule has 0 aromatic heterocycles. The molecule has 1 amide bonds. The van der Waals surface area contributed by atoms with E-state index in [0.29, 0.717) is 18.9 Å². The molecule has 3 N–H and O–H groups in total. The van der Waals surface area contributed by atoms with Crippen LogP contribution in [0.5, 0.6) is 0 Å². The first-order chi connectivity index (χ1) is 9.15. The molecular formula is C15H21FN2O. The minimum absolute atomic E-state index is 0.00612. The summed E-state index contributed by atoms with van der Waals surface area (Å²) in [5.74, 6) is 0.0222. The van der Waals surface area contributed by atoms with Gasteiger partial charge in [0, 0.05) is 19.0 Å². The maximum absolute atomic E-state index is 13.0. The van der Waals surface area contributed by atoms with Gasteiger partial charge in [-0.05, 0) is 36.5 Å². The molecule has 0 bridgehead atoms. The monoisotopic (exact) mass is 264 g/mol. The Morgan fingerprint density at radius 3 is 2.89 bits per heavy atom. The summed E-state index contributed by atoms with van der Waals surface area (Å²) in [5, 5.41) is 2.83. The third-order valence-corrected chi connectivity index (χ3v) is 3.79. The quantitative estimate of drug-likeness (QED) is 0.877. The Balaban J connectivity index is 1.78. The van der Waals surface area contributed by atoms with E-state index >= 15 is 0 Å². The average molecular weight is 264 g/mol. The van der Waals surface area contributed by atoms with Crippen LogP contribution in [0.1, 0.15) is 37.7 Å². The Morgan fingerprint density at radius 1 is 1.37 bits per heavy atom. The highest BCUT2D eigenvalue weighted by molar-refractivity contribution is 5.76. The summed E-state index contributed by atoms with van der Waals surface area (Å²) in [4.78, 5) is 11.9. The van der Waals surface area contributed by atoms with E-state index < -0.39 is 0 Å². The Hall–Kier alpha value is -1.42. The highest BCUT2D eigenvalue weighted by Gasteiger charge is 2.23. The average Bonchev–Trinajstić information content (AvgIpc) is 2.39. The van der Waals surface area contributed by atoms with E-state index in [0.717, 1.165) is 24.8 Å². The highest BCUT2D eigenvalue weighted by Crippen LogP contribution is 2.25. The molecule has 1 fully saturated rings. The van der Waals surface area contributed by atoms with Crippen LogP contribution in [-0.2, 0) is 11.3 Å². The van der Waals surface area contributed by atoms with Crippen LogP contribution >= 0.6 is 0 Å². The molecule has 1 aromatic carbocycles. The molecule has 2 unspecified atom stereocenters. The third kappa shape index (κ3) is 4.31. The molecule has 19 heavy (non-hydrogen) atoms. The van der Waals surface area contributed by atoms with Crippen LogP contribution in [0.3, 0.4) is 0 Å². The Bertz CT molecular complexity index is 436. The van der Waals surface area contributed by atoms with Crippen molar-refractivity contribution < 1.29 is 9.18 Å². The predicted molar refractivity (Wildman–Crippen MR) is 72.8 cm³/mol. The van der Waals surface area contributed by atoms with E-state index in [1.54, 1.807) is 12.1 Å². The summed E-state index contributed by atoms with van der Waals surface area (Å²) in [6, 6.07) is 6.43. The van der Waals surface area contributed by atoms with Crippen LogP contribution in [0.25, 0.3) is 0 Å². The third-order valence-electron chi connectivity index (χ3n) is 3.79.